The smallest absolute Gasteiger partial charge is 0.341 e. The van der Waals surface area contributed by atoms with Gasteiger partial charge in [0, 0.05) is 11.4 Å². The molecule has 1 unspecified atom stereocenters. The number of thioether (sulfide) groups is 1. The first kappa shape index (κ1) is 28.0. The average molecular weight is 559 g/mol. The van der Waals surface area contributed by atoms with Gasteiger partial charge in [-0.3, -0.25) is 4.79 Å². The number of rotatable bonds is 11. The van der Waals surface area contributed by atoms with Crippen LogP contribution >= 0.6 is 23.1 Å². The van der Waals surface area contributed by atoms with Gasteiger partial charge in [-0.15, -0.1) is 21.5 Å². The SMILES string of the molecule is CCn1c(SCC(=O)Nc2sc3c(c2C(=O)OC(C)C)CCCC3)nnc1C(C)Oc1ccc(OC)cc1. The van der Waals surface area contributed by atoms with Gasteiger partial charge in [0.1, 0.15) is 16.5 Å². The number of hydrogen-bond donors (Lipinski definition) is 1. The number of carbonyl (C=O) groups is 2. The molecular formula is C27H34N4O5S2. The number of thiophene rings is 1. The van der Waals surface area contributed by atoms with Gasteiger partial charge in [-0.1, -0.05) is 11.8 Å². The zero-order chi connectivity index (χ0) is 27.2. The maximum atomic E-state index is 13.0. The van der Waals surface area contributed by atoms with Crippen molar-refractivity contribution >= 4 is 40.0 Å². The number of carbonyl (C=O) groups excluding carboxylic acids is 2. The molecular weight excluding hydrogens is 524 g/mol. The third kappa shape index (κ3) is 6.50. The van der Waals surface area contributed by atoms with E-state index in [-0.39, 0.29) is 29.8 Å². The monoisotopic (exact) mass is 558 g/mol. The van der Waals surface area contributed by atoms with Gasteiger partial charge in [0.25, 0.3) is 0 Å². The molecule has 1 amide bonds. The van der Waals surface area contributed by atoms with Crippen LogP contribution in [0.3, 0.4) is 0 Å². The highest BCUT2D eigenvalue weighted by Gasteiger charge is 2.28. The zero-order valence-corrected chi connectivity index (χ0v) is 24.0. The second-order valence-electron chi connectivity index (χ2n) is 9.23. The van der Waals surface area contributed by atoms with E-state index in [1.54, 1.807) is 7.11 Å². The molecule has 1 atom stereocenters. The molecule has 38 heavy (non-hydrogen) atoms. The molecule has 0 fully saturated rings. The van der Waals surface area contributed by atoms with Crippen molar-refractivity contribution in [1.29, 1.82) is 0 Å². The van der Waals surface area contributed by atoms with Crippen molar-refractivity contribution in [3.05, 3.63) is 46.1 Å². The lowest BCUT2D eigenvalue weighted by molar-refractivity contribution is -0.113. The number of ether oxygens (including phenoxy) is 3. The molecule has 0 saturated carbocycles. The fourth-order valence-electron chi connectivity index (χ4n) is 4.35. The Morgan fingerprint density at radius 1 is 1.11 bits per heavy atom. The number of nitrogens with zero attached hydrogens (tertiary/aromatic N) is 3. The van der Waals surface area contributed by atoms with Crippen LogP contribution in [0.25, 0.3) is 0 Å². The Labute approximate surface area is 231 Å². The van der Waals surface area contributed by atoms with Crippen LogP contribution in [0.15, 0.2) is 29.4 Å². The van der Waals surface area contributed by atoms with Crippen molar-refractivity contribution < 1.29 is 23.8 Å². The summed E-state index contributed by atoms with van der Waals surface area (Å²) < 4.78 is 18.7. The summed E-state index contributed by atoms with van der Waals surface area (Å²) in [6.07, 6.45) is 3.30. The number of benzene rings is 1. The average Bonchev–Trinajstić information content (AvgIpc) is 3.48. The lowest BCUT2D eigenvalue weighted by Crippen LogP contribution is -2.19. The van der Waals surface area contributed by atoms with Crippen LogP contribution in [0.2, 0.25) is 0 Å². The summed E-state index contributed by atoms with van der Waals surface area (Å²) in [6, 6.07) is 7.36. The minimum Gasteiger partial charge on any atom is -0.497 e. The summed E-state index contributed by atoms with van der Waals surface area (Å²) in [5, 5.41) is 12.8. The molecule has 0 bridgehead atoms. The number of aryl methyl sites for hydroxylation is 1. The summed E-state index contributed by atoms with van der Waals surface area (Å²) in [7, 11) is 1.62. The summed E-state index contributed by atoms with van der Waals surface area (Å²) in [5.41, 5.74) is 1.54. The molecule has 4 rings (SSSR count). The van der Waals surface area contributed by atoms with Gasteiger partial charge in [-0.05, 0) is 83.2 Å². The first-order valence-corrected chi connectivity index (χ1v) is 14.6. The molecule has 0 radical (unpaired) electrons. The van der Waals surface area contributed by atoms with E-state index in [2.05, 4.69) is 15.5 Å². The highest BCUT2D eigenvalue weighted by molar-refractivity contribution is 7.99. The lowest BCUT2D eigenvalue weighted by atomic mass is 9.95. The number of esters is 1. The Balaban J connectivity index is 1.42. The molecule has 0 spiro atoms. The van der Waals surface area contributed by atoms with Crippen molar-refractivity contribution in [2.24, 2.45) is 0 Å². The van der Waals surface area contributed by atoms with Gasteiger partial charge in [0.05, 0.1) is 24.5 Å². The highest BCUT2D eigenvalue weighted by Crippen LogP contribution is 2.39. The first-order chi connectivity index (χ1) is 18.3. The fraction of sp³-hybridized carbons (Fsp3) is 0.481. The Bertz CT molecular complexity index is 1270. The minimum atomic E-state index is -0.372. The van der Waals surface area contributed by atoms with Crippen molar-refractivity contribution in [1.82, 2.24) is 14.8 Å². The van der Waals surface area contributed by atoms with Gasteiger partial charge in [0.15, 0.2) is 17.1 Å². The maximum Gasteiger partial charge on any atom is 0.341 e. The summed E-state index contributed by atoms with van der Waals surface area (Å²) in [5.74, 6) is 1.68. The normalized spacial score (nSPS) is 13.6. The third-order valence-corrected chi connectivity index (χ3v) is 8.28. The second kappa shape index (κ2) is 12.7. The van der Waals surface area contributed by atoms with Crippen molar-refractivity contribution in [3.63, 3.8) is 0 Å². The molecule has 1 N–H and O–H groups in total. The molecule has 11 heteroatoms. The number of nitrogens with one attached hydrogen (secondary N) is 1. The van der Waals surface area contributed by atoms with Gasteiger partial charge < -0.3 is 24.1 Å². The Kier molecular flexibility index (Phi) is 9.32. The molecule has 1 aliphatic carbocycles. The molecule has 204 valence electrons. The van der Waals surface area contributed by atoms with Crippen LogP contribution in [0.1, 0.15) is 73.3 Å². The fourth-order valence-corrected chi connectivity index (χ4v) is 6.45. The number of fused-ring (bicyclic) bond motifs is 1. The summed E-state index contributed by atoms with van der Waals surface area (Å²) >= 11 is 2.79. The van der Waals surface area contributed by atoms with E-state index in [9.17, 15) is 9.59 Å². The molecule has 3 aromatic rings. The molecule has 0 aliphatic heterocycles. The van der Waals surface area contributed by atoms with E-state index in [0.29, 0.717) is 33.8 Å². The van der Waals surface area contributed by atoms with Crippen LogP contribution in [0.4, 0.5) is 5.00 Å². The van der Waals surface area contributed by atoms with Crippen LogP contribution < -0.4 is 14.8 Å². The van der Waals surface area contributed by atoms with Crippen LogP contribution in [0.5, 0.6) is 11.5 Å². The Hall–Kier alpha value is -3.05. The largest absolute Gasteiger partial charge is 0.497 e. The molecule has 2 heterocycles. The molecule has 1 aromatic carbocycles. The van der Waals surface area contributed by atoms with Crippen molar-refractivity contribution in [2.75, 3.05) is 18.2 Å². The predicted octanol–water partition coefficient (Wildman–Crippen LogP) is 5.68. The highest BCUT2D eigenvalue weighted by atomic mass is 32.2. The van der Waals surface area contributed by atoms with E-state index >= 15 is 0 Å². The minimum absolute atomic E-state index is 0.132. The van der Waals surface area contributed by atoms with Gasteiger partial charge in [-0.2, -0.15) is 0 Å². The van der Waals surface area contributed by atoms with Crippen LogP contribution in [0, 0.1) is 0 Å². The second-order valence-corrected chi connectivity index (χ2v) is 11.3. The van der Waals surface area contributed by atoms with E-state index in [1.165, 1.54) is 23.1 Å². The number of anilines is 1. The topological polar surface area (TPSA) is 105 Å². The van der Waals surface area contributed by atoms with E-state index < -0.39 is 0 Å². The van der Waals surface area contributed by atoms with Crippen LogP contribution in [-0.4, -0.2) is 45.6 Å². The lowest BCUT2D eigenvalue weighted by Gasteiger charge is -2.16. The van der Waals surface area contributed by atoms with Gasteiger partial charge in [0.2, 0.25) is 5.91 Å². The summed E-state index contributed by atoms with van der Waals surface area (Å²) in [4.78, 5) is 27.0. The standard InChI is InChI=1S/C27H34N4O5S2/c1-6-31-24(17(4)36-19-13-11-18(34-5)12-14-19)29-30-27(31)37-15-22(32)28-25-23(26(33)35-16(2)3)20-9-7-8-10-21(20)38-25/h11-14,16-17H,6-10,15H2,1-5H3,(H,28,32). The van der Waals surface area contributed by atoms with Gasteiger partial charge >= 0.3 is 5.97 Å². The molecule has 2 aromatic heterocycles. The summed E-state index contributed by atoms with van der Waals surface area (Å²) in [6.45, 7) is 8.20. The molecule has 9 nitrogen and oxygen atoms in total. The Morgan fingerprint density at radius 2 is 1.82 bits per heavy atom. The third-order valence-electron chi connectivity index (χ3n) is 6.10. The van der Waals surface area contributed by atoms with Crippen LogP contribution in [-0.2, 0) is 28.9 Å². The van der Waals surface area contributed by atoms with Gasteiger partial charge in [-0.25, -0.2) is 4.79 Å². The molecule has 1 aliphatic rings. The number of hydrogen-bond acceptors (Lipinski definition) is 9. The quantitative estimate of drug-likeness (QED) is 0.237. The first-order valence-electron chi connectivity index (χ1n) is 12.8. The Morgan fingerprint density at radius 3 is 2.50 bits per heavy atom. The molecule has 0 saturated heterocycles. The van der Waals surface area contributed by atoms with E-state index in [0.717, 1.165) is 41.9 Å². The van der Waals surface area contributed by atoms with E-state index in [4.69, 9.17) is 14.2 Å². The number of methoxy groups -OCH3 is 1. The zero-order valence-electron chi connectivity index (χ0n) is 22.4. The predicted molar refractivity (Wildman–Crippen MR) is 149 cm³/mol. The number of aromatic nitrogens is 3. The maximum absolute atomic E-state index is 13.0. The van der Waals surface area contributed by atoms with Crippen molar-refractivity contribution in [3.8, 4) is 11.5 Å². The van der Waals surface area contributed by atoms with E-state index in [1.807, 2.05) is 56.5 Å². The number of amides is 1. The van der Waals surface area contributed by atoms with Crippen molar-refractivity contribution in [2.45, 2.75) is 77.3 Å².